The minimum atomic E-state index is -0.928. The Morgan fingerprint density at radius 1 is 1.25 bits per heavy atom. The van der Waals surface area contributed by atoms with Gasteiger partial charge in [0.2, 0.25) is 0 Å². The zero-order valence-corrected chi connectivity index (χ0v) is 13.4. The van der Waals surface area contributed by atoms with E-state index in [1.165, 1.54) is 6.07 Å². The maximum absolute atomic E-state index is 11.8. The van der Waals surface area contributed by atoms with E-state index in [-0.39, 0.29) is 23.4 Å². The van der Waals surface area contributed by atoms with E-state index in [1.54, 1.807) is 37.3 Å². The number of benzene rings is 2. The molecule has 0 saturated heterocycles. The smallest absolute Gasteiger partial charge is 0.338 e. The molecule has 2 aromatic carbocycles. The Morgan fingerprint density at radius 3 is 2.46 bits per heavy atom. The molecule has 2 aromatic rings. The molecule has 1 N–H and O–H groups in total. The number of nitro groups is 1. The van der Waals surface area contributed by atoms with Gasteiger partial charge in [-0.2, -0.15) is 0 Å². The van der Waals surface area contributed by atoms with Crippen LogP contribution < -0.4 is 5.32 Å². The molecule has 0 radical (unpaired) electrons. The molecular formula is C16H13ClN2O5. The molecule has 2 rings (SSSR count). The van der Waals surface area contributed by atoms with E-state index in [2.05, 4.69) is 5.32 Å². The fourth-order valence-electron chi connectivity index (χ4n) is 2.06. The van der Waals surface area contributed by atoms with Crippen LogP contribution in [0.2, 0.25) is 0 Å². The van der Waals surface area contributed by atoms with Gasteiger partial charge in [0.1, 0.15) is 5.69 Å². The number of hydrogen-bond donors (Lipinski definition) is 1. The number of anilines is 2. The standard InChI is InChI=1S/C16H13ClN2O5/c1-2-24-16(21)10-8-12(15(17)20)14(13(9-10)19(22)23)18-11-6-4-3-5-7-11/h3-9,18H,2H2,1H3. The van der Waals surface area contributed by atoms with Crippen LogP contribution >= 0.6 is 11.6 Å². The van der Waals surface area contributed by atoms with Gasteiger partial charge in [0.05, 0.1) is 22.7 Å². The molecule has 0 aliphatic rings. The van der Waals surface area contributed by atoms with Gasteiger partial charge in [0.15, 0.2) is 0 Å². The van der Waals surface area contributed by atoms with Crippen molar-refractivity contribution in [1.82, 2.24) is 0 Å². The Morgan fingerprint density at radius 2 is 1.92 bits per heavy atom. The SMILES string of the molecule is CCOC(=O)c1cc(C(=O)Cl)c(Nc2ccccc2)c([N+](=O)[O-])c1. The molecule has 0 atom stereocenters. The van der Waals surface area contributed by atoms with Gasteiger partial charge in [-0.05, 0) is 36.7 Å². The lowest BCUT2D eigenvalue weighted by Crippen LogP contribution is -2.10. The molecule has 8 heteroatoms. The number of nitrogens with one attached hydrogen (secondary N) is 1. The summed E-state index contributed by atoms with van der Waals surface area (Å²) in [6, 6.07) is 10.8. The van der Waals surface area contributed by atoms with Crippen LogP contribution in [-0.2, 0) is 4.74 Å². The molecular weight excluding hydrogens is 336 g/mol. The number of nitrogens with zero attached hydrogens (tertiary/aromatic N) is 1. The molecule has 0 unspecified atom stereocenters. The number of hydrogen-bond acceptors (Lipinski definition) is 6. The summed E-state index contributed by atoms with van der Waals surface area (Å²) in [6.45, 7) is 1.70. The third kappa shape index (κ3) is 3.88. The second-order valence-electron chi connectivity index (χ2n) is 4.66. The van der Waals surface area contributed by atoms with Gasteiger partial charge < -0.3 is 10.1 Å². The molecule has 124 valence electrons. The minimum Gasteiger partial charge on any atom is -0.462 e. The van der Waals surface area contributed by atoms with Crippen LogP contribution in [0.5, 0.6) is 0 Å². The lowest BCUT2D eigenvalue weighted by atomic mass is 10.1. The zero-order chi connectivity index (χ0) is 17.7. The third-order valence-corrected chi connectivity index (χ3v) is 3.28. The summed E-state index contributed by atoms with van der Waals surface area (Å²) in [5.41, 5.74) is -0.305. The van der Waals surface area contributed by atoms with E-state index in [9.17, 15) is 19.7 Å². The Bertz CT molecular complexity index is 757. The molecule has 0 amide bonds. The Hall–Kier alpha value is -2.93. The lowest BCUT2D eigenvalue weighted by Gasteiger charge is -2.12. The van der Waals surface area contributed by atoms with E-state index < -0.39 is 21.8 Å². The van der Waals surface area contributed by atoms with Crippen molar-refractivity contribution in [2.24, 2.45) is 0 Å². The highest BCUT2D eigenvalue weighted by atomic mass is 35.5. The average molecular weight is 349 g/mol. The largest absolute Gasteiger partial charge is 0.462 e. The molecule has 0 aliphatic heterocycles. The van der Waals surface area contributed by atoms with Crippen molar-refractivity contribution in [3.05, 3.63) is 63.7 Å². The summed E-state index contributed by atoms with van der Waals surface area (Å²) in [5, 5.41) is 13.3. The predicted octanol–water partition coefficient (Wildman–Crippen LogP) is 3.89. The summed E-state index contributed by atoms with van der Waals surface area (Å²) in [4.78, 5) is 34.2. The summed E-state index contributed by atoms with van der Waals surface area (Å²) in [6.07, 6.45) is 0. The number of halogens is 1. The van der Waals surface area contributed by atoms with Crippen LogP contribution in [0.4, 0.5) is 17.1 Å². The lowest BCUT2D eigenvalue weighted by molar-refractivity contribution is -0.384. The number of para-hydroxylation sites is 1. The van der Waals surface area contributed by atoms with Crippen LogP contribution in [0.3, 0.4) is 0 Å². The highest BCUT2D eigenvalue weighted by molar-refractivity contribution is 6.68. The van der Waals surface area contributed by atoms with Crippen molar-refractivity contribution in [3.8, 4) is 0 Å². The molecule has 0 spiro atoms. The van der Waals surface area contributed by atoms with E-state index >= 15 is 0 Å². The fraction of sp³-hybridized carbons (Fsp3) is 0.125. The molecule has 7 nitrogen and oxygen atoms in total. The highest BCUT2D eigenvalue weighted by Crippen LogP contribution is 2.34. The Kier molecular flexibility index (Phi) is 5.49. The second-order valence-corrected chi connectivity index (χ2v) is 5.00. The first kappa shape index (κ1) is 17.4. The van der Waals surface area contributed by atoms with Crippen molar-refractivity contribution < 1.29 is 19.2 Å². The van der Waals surface area contributed by atoms with E-state index in [0.29, 0.717) is 5.69 Å². The molecule has 0 heterocycles. The first-order chi connectivity index (χ1) is 11.4. The van der Waals surface area contributed by atoms with Gasteiger partial charge in [-0.25, -0.2) is 4.79 Å². The van der Waals surface area contributed by atoms with Crippen molar-refractivity contribution in [1.29, 1.82) is 0 Å². The number of rotatable bonds is 6. The molecule has 0 fully saturated rings. The number of esters is 1. The van der Waals surface area contributed by atoms with Gasteiger partial charge in [-0.1, -0.05) is 18.2 Å². The van der Waals surface area contributed by atoms with Gasteiger partial charge in [-0.15, -0.1) is 0 Å². The van der Waals surface area contributed by atoms with Crippen LogP contribution in [0.1, 0.15) is 27.6 Å². The minimum absolute atomic E-state index is 0.0840. The van der Waals surface area contributed by atoms with Gasteiger partial charge >= 0.3 is 5.97 Å². The zero-order valence-electron chi connectivity index (χ0n) is 12.6. The van der Waals surface area contributed by atoms with Crippen LogP contribution in [0.15, 0.2) is 42.5 Å². The van der Waals surface area contributed by atoms with E-state index in [0.717, 1.165) is 6.07 Å². The third-order valence-electron chi connectivity index (χ3n) is 3.08. The van der Waals surface area contributed by atoms with Crippen molar-refractivity contribution in [2.45, 2.75) is 6.92 Å². The Labute approximate surface area is 142 Å². The molecule has 24 heavy (non-hydrogen) atoms. The molecule has 0 aliphatic carbocycles. The monoisotopic (exact) mass is 348 g/mol. The number of ether oxygens (including phenoxy) is 1. The van der Waals surface area contributed by atoms with Crippen LogP contribution in [0.25, 0.3) is 0 Å². The first-order valence-corrected chi connectivity index (χ1v) is 7.33. The summed E-state index contributed by atoms with van der Waals surface area (Å²) < 4.78 is 4.82. The van der Waals surface area contributed by atoms with Crippen LogP contribution in [0, 0.1) is 10.1 Å². The molecule has 0 bridgehead atoms. The average Bonchev–Trinajstić information content (AvgIpc) is 2.55. The molecule has 0 saturated carbocycles. The summed E-state index contributed by atoms with van der Waals surface area (Å²) >= 11 is 5.55. The van der Waals surface area contributed by atoms with Gasteiger partial charge in [-0.3, -0.25) is 14.9 Å². The normalized spacial score (nSPS) is 10.1. The van der Waals surface area contributed by atoms with E-state index in [4.69, 9.17) is 16.3 Å². The highest BCUT2D eigenvalue weighted by Gasteiger charge is 2.25. The quantitative estimate of drug-likeness (QED) is 0.368. The number of nitro benzene ring substituents is 1. The van der Waals surface area contributed by atoms with Crippen molar-refractivity contribution >= 4 is 39.9 Å². The maximum atomic E-state index is 11.8. The van der Waals surface area contributed by atoms with Gasteiger partial charge in [0.25, 0.3) is 10.9 Å². The number of carbonyl (C=O) groups is 2. The summed E-state index contributed by atoms with van der Waals surface area (Å²) in [5.74, 6) is -0.772. The van der Waals surface area contributed by atoms with Crippen molar-refractivity contribution in [2.75, 3.05) is 11.9 Å². The Balaban J connectivity index is 2.60. The van der Waals surface area contributed by atoms with Crippen LogP contribution in [-0.4, -0.2) is 22.7 Å². The van der Waals surface area contributed by atoms with Crippen molar-refractivity contribution in [3.63, 3.8) is 0 Å². The summed E-state index contributed by atoms with van der Waals surface area (Å²) in [7, 11) is 0. The first-order valence-electron chi connectivity index (χ1n) is 6.95. The molecule has 0 aromatic heterocycles. The van der Waals surface area contributed by atoms with E-state index in [1.807, 2.05) is 0 Å². The second kappa shape index (κ2) is 7.56. The number of carbonyl (C=O) groups excluding carboxylic acids is 2. The van der Waals surface area contributed by atoms with Gasteiger partial charge in [0, 0.05) is 11.8 Å². The fourth-order valence-corrected chi connectivity index (χ4v) is 2.20. The predicted molar refractivity (Wildman–Crippen MR) is 89.0 cm³/mol. The topological polar surface area (TPSA) is 98.5 Å². The maximum Gasteiger partial charge on any atom is 0.338 e.